The molecule has 0 heterocycles. The van der Waals surface area contributed by atoms with E-state index in [2.05, 4.69) is 4.72 Å². The highest BCUT2D eigenvalue weighted by molar-refractivity contribution is 7.81. The summed E-state index contributed by atoms with van der Waals surface area (Å²) in [5, 5.41) is -0.0601. The molecule has 1 unspecified atom stereocenters. The number of ether oxygens (including phenoxy) is 1. The zero-order chi connectivity index (χ0) is 20.4. The second-order valence-electron chi connectivity index (χ2n) is 6.39. The first-order valence-electron chi connectivity index (χ1n) is 8.11. The van der Waals surface area contributed by atoms with Crippen molar-refractivity contribution < 1.29 is 31.3 Å². The highest BCUT2D eigenvalue weighted by Crippen LogP contribution is 2.39. The van der Waals surface area contributed by atoms with E-state index in [-0.39, 0.29) is 36.5 Å². The molecule has 1 fully saturated rings. The van der Waals surface area contributed by atoms with Gasteiger partial charge in [0.15, 0.2) is 11.2 Å². The van der Waals surface area contributed by atoms with Crippen molar-refractivity contribution >= 4 is 28.7 Å². The third-order valence-electron chi connectivity index (χ3n) is 4.21. The summed E-state index contributed by atoms with van der Waals surface area (Å²) >= 11 is 4.19. The van der Waals surface area contributed by atoms with Gasteiger partial charge in [-0.1, -0.05) is 11.6 Å². The van der Waals surface area contributed by atoms with Crippen molar-refractivity contribution in [1.82, 2.24) is 9.03 Å². The Balaban J connectivity index is 2.05. The van der Waals surface area contributed by atoms with Gasteiger partial charge in [0, 0.05) is 20.2 Å². The molecule has 0 aromatic heterocycles. The van der Waals surface area contributed by atoms with Crippen molar-refractivity contribution in [1.29, 1.82) is 0 Å². The number of halogens is 5. The Morgan fingerprint density at radius 2 is 1.85 bits per heavy atom. The van der Waals surface area contributed by atoms with E-state index in [0.717, 1.165) is 12.1 Å². The molecule has 1 saturated carbocycles. The molecule has 0 bridgehead atoms. The third kappa shape index (κ3) is 5.79. The summed E-state index contributed by atoms with van der Waals surface area (Å²) in [5.41, 5.74) is -0.414. The Labute approximate surface area is 161 Å². The summed E-state index contributed by atoms with van der Waals surface area (Å²) in [5.74, 6) is -3.26. The van der Waals surface area contributed by atoms with Crippen LogP contribution in [-0.2, 0) is 11.2 Å². The SMILES string of the molecule is CN(C)S(=O)NC(=O)c1cc(Cl)c(OC2CCC(C(F)(F)F)CC2)cc1F. The average molecular weight is 431 g/mol. The van der Waals surface area contributed by atoms with Gasteiger partial charge in [0.1, 0.15) is 11.6 Å². The maximum Gasteiger partial charge on any atom is 0.391 e. The van der Waals surface area contributed by atoms with Crippen LogP contribution in [0.2, 0.25) is 5.02 Å². The Morgan fingerprint density at radius 3 is 2.37 bits per heavy atom. The molecule has 1 aromatic rings. The Kier molecular flexibility index (Phi) is 7.09. The number of carbonyl (C=O) groups is 1. The molecule has 1 N–H and O–H groups in total. The first kappa shape index (κ1) is 21.9. The predicted molar refractivity (Wildman–Crippen MR) is 93.1 cm³/mol. The van der Waals surface area contributed by atoms with Gasteiger partial charge in [-0.3, -0.25) is 9.52 Å². The van der Waals surface area contributed by atoms with Crippen LogP contribution in [0.25, 0.3) is 0 Å². The molecule has 11 heteroatoms. The lowest BCUT2D eigenvalue weighted by molar-refractivity contribution is -0.185. The van der Waals surface area contributed by atoms with Crippen LogP contribution in [-0.4, -0.2) is 40.8 Å². The Hall–Kier alpha value is -1.39. The topological polar surface area (TPSA) is 58.6 Å². The zero-order valence-corrected chi connectivity index (χ0v) is 16.2. The number of hydrogen-bond acceptors (Lipinski definition) is 3. The predicted octanol–water partition coefficient (Wildman–Crippen LogP) is 3.85. The number of carbonyl (C=O) groups excluding carboxylic acids is 1. The molecule has 1 aromatic carbocycles. The summed E-state index contributed by atoms with van der Waals surface area (Å²) in [6, 6.07) is 1.95. The number of alkyl halides is 3. The van der Waals surface area contributed by atoms with Gasteiger partial charge in [0.2, 0.25) is 0 Å². The smallest absolute Gasteiger partial charge is 0.391 e. The highest BCUT2D eigenvalue weighted by Gasteiger charge is 2.41. The second kappa shape index (κ2) is 8.74. The summed E-state index contributed by atoms with van der Waals surface area (Å²) in [4.78, 5) is 12.0. The van der Waals surface area contributed by atoms with Crippen molar-refractivity contribution in [2.75, 3.05) is 14.1 Å². The van der Waals surface area contributed by atoms with Crippen LogP contribution in [0.1, 0.15) is 36.0 Å². The normalized spacial score (nSPS) is 21.8. The number of rotatable bonds is 5. The minimum atomic E-state index is -4.23. The fraction of sp³-hybridized carbons (Fsp3) is 0.562. The summed E-state index contributed by atoms with van der Waals surface area (Å²) in [6.45, 7) is 0. The van der Waals surface area contributed by atoms with Crippen LogP contribution < -0.4 is 9.46 Å². The van der Waals surface area contributed by atoms with Crippen molar-refractivity contribution in [2.45, 2.75) is 38.0 Å². The first-order chi connectivity index (χ1) is 12.5. The number of nitrogens with zero attached hydrogens (tertiary/aromatic N) is 1. The molecule has 0 aliphatic heterocycles. The molecule has 27 heavy (non-hydrogen) atoms. The molecule has 2 rings (SSSR count). The minimum Gasteiger partial charge on any atom is -0.489 e. The third-order valence-corrected chi connectivity index (χ3v) is 5.53. The van der Waals surface area contributed by atoms with Crippen LogP contribution in [0.4, 0.5) is 17.6 Å². The molecule has 1 atom stereocenters. The van der Waals surface area contributed by atoms with E-state index in [0.29, 0.717) is 0 Å². The molecule has 1 aliphatic carbocycles. The standard InChI is InChI=1S/C16H19ClF4N2O3S/c1-23(2)27(25)22-15(24)11-7-12(17)14(8-13(11)18)26-10-5-3-9(4-6-10)16(19,20)21/h7-10H,3-6H2,1-2H3,(H,22,24). The average Bonchev–Trinajstić information content (AvgIpc) is 2.57. The molecular weight excluding hydrogens is 412 g/mol. The van der Waals surface area contributed by atoms with Crippen molar-refractivity contribution in [3.05, 3.63) is 28.5 Å². The molecule has 0 spiro atoms. The molecule has 152 valence electrons. The zero-order valence-electron chi connectivity index (χ0n) is 14.6. The van der Waals surface area contributed by atoms with Gasteiger partial charge >= 0.3 is 6.18 Å². The Morgan fingerprint density at radius 1 is 1.26 bits per heavy atom. The molecule has 1 aliphatic rings. The van der Waals surface area contributed by atoms with E-state index < -0.39 is 46.7 Å². The van der Waals surface area contributed by atoms with E-state index in [1.165, 1.54) is 18.4 Å². The van der Waals surface area contributed by atoms with E-state index in [4.69, 9.17) is 16.3 Å². The van der Waals surface area contributed by atoms with Gasteiger partial charge in [-0.15, -0.1) is 0 Å². The Bertz CT molecular complexity index is 722. The molecule has 0 radical (unpaired) electrons. The lowest BCUT2D eigenvalue weighted by Gasteiger charge is -2.30. The number of benzene rings is 1. The number of hydrogen-bond donors (Lipinski definition) is 1. The molecular formula is C16H19ClF4N2O3S. The van der Waals surface area contributed by atoms with Crippen LogP contribution >= 0.6 is 11.6 Å². The van der Waals surface area contributed by atoms with Crippen molar-refractivity contribution in [2.24, 2.45) is 5.92 Å². The molecule has 1 amide bonds. The van der Waals surface area contributed by atoms with Crippen molar-refractivity contribution in [3.8, 4) is 5.75 Å². The fourth-order valence-corrected chi connectivity index (χ4v) is 3.37. The maximum atomic E-state index is 14.2. The van der Waals surface area contributed by atoms with Crippen LogP contribution in [0.3, 0.4) is 0 Å². The van der Waals surface area contributed by atoms with Gasteiger partial charge in [-0.05, 0) is 31.7 Å². The fourth-order valence-electron chi connectivity index (χ4n) is 2.71. The first-order valence-corrected chi connectivity index (χ1v) is 9.60. The van der Waals surface area contributed by atoms with Gasteiger partial charge < -0.3 is 4.74 Å². The quantitative estimate of drug-likeness (QED) is 0.722. The lowest BCUT2D eigenvalue weighted by Crippen LogP contribution is -2.34. The van der Waals surface area contributed by atoms with Gasteiger partial charge in [0.25, 0.3) is 5.91 Å². The van der Waals surface area contributed by atoms with Crippen LogP contribution in [0.15, 0.2) is 12.1 Å². The minimum absolute atomic E-state index is 0.0464. The largest absolute Gasteiger partial charge is 0.489 e. The van der Waals surface area contributed by atoms with Crippen LogP contribution in [0.5, 0.6) is 5.75 Å². The monoisotopic (exact) mass is 430 g/mol. The molecule has 5 nitrogen and oxygen atoms in total. The lowest BCUT2D eigenvalue weighted by atomic mass is 9.87. The van der Waals surface area contributed by atoms with Gasteiger partial charge in [-0.25, -0.2) is 12.9 Å². The van der Waals surface area contributed by atoms with E-state index >= 15 is 0 Å². The van der Waals surface area contributed by atoms with Gasteiger partial charge in [0.05, 0.1) is 22.6 Å². The summed E-state index contributed by atoms with van der Waals surface area (Å²) in [6.07, 6.45) is -4.52. The number of nitrogens with one attached hydrogen (secondary N) is 1. The summed E-state index contributed by atoms with van der Waals surface area (Å²) < 4.78 is 72.8. The molecule has 0 saturated heterocycles. The van der Waals surface area contributed by atoms with Crippen LogP contribution in [0, 0.1) is 11.7 Å². The van der Waals surface area contributed by atoms with Gasteiger partial charge in [-0.2, -0.15) is 13.2 Å². The van der Waals surface area contributed by atoms with E-state index in [1.54, 1.807) is 0 Å². The number of amides is 1. The maximum absolute atomic E-state index is 14.2. The highest BCUT2D eigenvalue weighted by atomic mass is 35.5. The summed E-state index contributed by atoms with van der Waals surface area (Å²) in [7, 11) is 2.92. The van der Waals surface area contributed by atoms with E-state index in [9.17, 15) is 26.6 Å². The van der Waals surface area contributed by atoms with Crippen molar-refractivity contribution in [3.63, 3.8) is 0 Å². The second-order valence-corrected chi connectivity index (χ2v) is 8.23. The van der Waals surface area contributed by atoms with E-state index in [1.807, 2.05) is 0 Å².